The van der Waals surface area contributed by atoms with Crippen LogP contribution in [-0.4, -0.2) is 0 Å². The number of rotatable bonds is 0. The lowest BCUT2D eigenvalue weighted by Gasteiger charge is -2.27. The third-order valence-corrected chi connectivity index (χ3v) is 4.18. The van der Waals surface area contributed by atoms with Gasteiger partial charge in [0.15, 0.2) is 11.5 Å². The summed E-state index contributed by atoms with van der Waals surface area (Å²) in [6, 6.07) is 12.8. The van der Waals surface area contributed by atoms with Crippen molar-refractivity contribution in [3.8, 4) is 11.5 Å². The highest BCUT2D eigenvalue weighted by molar-refractivity contribution is 5.76. The van der Waals surface area contributed by atoms with Gasteiger partial charge in [-0.2, -0.15) is 0 Å². The Morgan fingerprint density at radius 1 is 0.682 bits per heavy atom. The van der Waals surface area contributed by atoms with Gasteiger partial charge in [0.25, 0.3) is 0 Å². The average Bonchev–Trinajstić information content (AvgIpc) is 2.41. The molecule has 2 aromatic carbocycles. The Morgan fingerprint density at radius 2 is 1.09 bits per heavy atom. The van der Waals surface area contributed by atoms with Crippen molar-refractivity contribution in [2.45, 2.75) is 52.4 Å². The van der Waals surface area contributed by atoms with Gasteiger partial charge in [-0.05, 0) is 46.2 Å². The highest BCUT2D eigenvalue weighted by Crippen LogP contribution is 2.44. The standard InChI is InChI=1S/C20H25NO/c1-19(2,3)13-7-9-17-15(11-13)21-16-12-14(20(4,5)6)8-10-18(16)22-17/h7-12,21H,1-6H3. The Morgan fingerprint density at radius 3 is 1.45 bits per heavy atom. The fourth-order valence-corrected chi connectivity index (χ4v) is 2.63. The Bertz CT molecular complexity index is 656. The van der Waals surface area contributed by atoms with E-state index in [0.29, 0.717) is 0 Å². The Balaban J connectivity index is 2.00. The monoisotopic (exact) mass is 295 g/mol. The third kappa shape index (κ3) is 2.70. The van der Waals surface area contributed by atoms with Gasteiger partial charge in [0.1, 0.15) is 0 Å². The molecule has 0 fully saturated rings. The lowest BCUT2D eigenvalue weighted by molar-refractivity contribution is 0.478. The second-order valence-corrected chi connectivity index (χ2v) is 8.15. The van der Waals surface area contributed by atoms with Crippen molar-refractivity contribution in [3.05, 3.63) is 47.5 Å². The van der Waals surface area contributed by atoms with E-state index in [2.05, 4.69) is 83.3 Å². The number of hydrogen-bond donors (Lipinski definition) is 1. The molecule has 0 aromatic heterocycles. The van der Waals surface area contributed by atoms with E-state index in [1.165, 1.54) is 11.1 Å². The second kappa shape index (κ2) is 4.77. The van der Waals surface area contributed by atoms with E-state index >= 15 is 0 Å². The predicted molar refractivity (Wildman–Crippen MR) is 93.6 cm³/mol. The molecule has 0 amide bonds. The van der Waals surface area contributed by atoms with Crippen molar-refractivity contribution in [1.82, 2.24) is 0 Å². The molecular weight excluding hydrogens is 270 g/mol. The van der Waals surface area contributed by atoms with Gasteiger partial charge in [-0.15, -0.1) is 0 Å². The van der Waals surface area contributed by atoms with Crippen molar-refractivity contribution in [2.24, 2.45) is 0 Å². The SMILES string of the molecule is CC(C)(C)c1ccc2c(c1)Nc1cc(C(C)(C)C)ccc1O2. The molecule has 0 radical (unpaired) electrons. The molecule has 22 heavy (non-hydrogen) atoms. The molecule has 0 aliphatic carbocycles. The Hall–Kier alpha value is -1.96. The predicted octanol–water partition coefficient (Wildman–Crippen LogP) is 6.13. The molecule has 1 heterocycles. The van der Waals surface area contributed by atoms with Crippen molar-refractivity contribution >= 4 is 11.4 Å². The van der Waals surface area contributed by atoms with Gasteiger partial charge in [0.05, 0.1) is 11.4 Å². The van der Waals surface area contributed by atoms with Crippen LogP contribution in [0.25, 0.3) is 0 Å². The van der Waals surface area contributed by atoms with Crippen LogP contribution in [0.1, 0.15) is 52.7 Å². The minimum atomic E-state index is 0.129. The van der Waals surface area contributed by atoms with E-state index in [9.17, 15) is 0 Å². The average molecular weight is 295 g/mol. The summed E-state index contributed by atoms with van der Waals surface area (Å²) in [5.41, 5.74) is 4.96. The molecule has 0 unspecified atom stereocenters. The summed E-state index contributed by atoms with van der Waals surface area (Å²) in [4.78, 5) is 0. The Labute approximate surface area is 133 Å². The molecule has 1 aliphatic rings. The normalized spacial score (nSPS) is 13.7. The lowest BCUT2D eigenvalue weighted by atomic mass is 9.86. The summed E-state index contributed by atoms with van der Waals surface area (Å²) in [5, 5.41) is 3.54. The zero-order chi connectivity index (χ0) is 16.1. The van der Waals surface area contributed by atoms with Crippen molar-refractivity contribution in [3.63, 3.8) is 0 Å². The number of fused-ring (bicyclic) bond motifs is 2. The maximum atomic E-state index is 6.05. The molecule has 1 N–H and O–H groups in total. The van der Waals surface area contributed by atoms with Crippen molar-refractivity contribution in [1.29, 1.82) is 0 Å². The fraction of sp³-hybridized carbons (Fsp3) is 0.400. The van der Waals surface area contributed by atoms with Crippen LogP contribution in [0.15, 0.2) is 36.4 Å². The van der Waals surface area contributed by atoms with Crippen molar-refractivity contribution in [2.75, 3.05) is 5.32 Å². The lowest BCUT2D eigenvalue weighted by Crippen LogP contribution is -2.14. The molecular formula is C20H25NO. The van der Waals surface area contributed by atoms with Crippen molar-refractivity contribution < 1.29 is 4.74 Å². The van der Waals surface area contributed by atoms with Gasteiger partial charge in [-0.1, -0.05) is 53.7 Å². The molecule has 0 saturated carbocycles. The first-order valence-electron chi connectivity index (χ1n) is 7.88. The van der Waals surface area contributed by atoms with E-state index < -0.39 is 0 Å². The van der Waals surface area contributed by atoms with E-state index in [4.69, 9.17) is 4.74 Å². The number of benzene rings is 2. The van der Waals surface area contributed by atoms with Gasteiger partial charge in [-0.3, -0.25) is 0 Å². The fourth-order valence-electron chi connectivity index (χ4n) is 2.63. The largest absolute Gasteiger partial charge is 0.453 e. The van der Waals surface area contributed by atoms with Gasteiger partial charge in [0.2, 0.25) is 0 Å². The number of anilines is 2. The smallest absolute Gasteiger partial charge is 0.150 e. The van der Waals surface area contributed by atoms with Crippen LogP contribution in [0.5, 0.6) is 11.5 Å². The molecule has 2 heteroatoms. The maximum absolute atomic E-state index is 6.05. The first kappa shape index (κ1) is 15.0. The van der Waals surface area contributed by atoms with Crippen LogP contribution < -0.4 is 10.1 Å². The van der Waals surface area contributed by atoms with Gasteiger partial charge < -0.3 is 10.1 Å². The van der Waals surface area contributed by atoms with Gasteiger partial charge in [0, 0.05) is 0 Å². The van der Waals surface area contributed by atoms with Crippen LogP contribution in [0.4, 0.5) is 11.4 Å². The first-order chi connectivity index (χ1) is 10.1. The highest BCUT2D eigenvalue weighted by atomic mass is 16.5. The van der Waals surface area contributed by atoms with E-state index in [0.717, 1.165) is 22.9 Å². The summed E-state index contributed by atoms with van der Waals surface area (Å²) in [6.45, 7) is 13.4. The summed E-state index contributed by atoms with van der Waals surface area (Å²) in [6.07, 6.45) is 0. The van der Waals surface area contributed by atoms with E-state index in [-0.39, 0.29) is 10.8 Å². The van der Waals surface area contributed by atoms with Gasteiger partial charge in [-0.25, -0.2) is 0 Å². The van der Waals surface area contributed by atoms with Gasteiger partial charge >= 0.3 is 0 Å². The molecule has 0 saturated heterocycles. The number of nitrogens with one attached hydrogen (secondary N) is 1. The molecule has 0 spiro atoms. The molecule has 116 valence electrons. The maximum Gasteiger partial charge on any atom is 0.150 e. The molecule has 2 aromatic rings. The molecule has 0 atom stereocenters. The minimum Gasteiger partial charge on any atom is -0.453 e. The molecule has 1 aliphatic heterocycles. The molecule has 2 nitrogen and oxygen atoms in total. The number of ether oxygens (including phenoxy) is 1. The summed E-state index contributed by atoms with van der Waals surface area (Å²) >= 11 is 0. The third-order valence-electron chi connectivity index (χ3n) is 4.18. The van der Waals surface area contributed by atoms with E-state index in [1.54, 1.807) is 0 Å². The van der Waals surface area contributed by atoms with E-state index in [1.807, 2.05) is 0 Å². The topological polar surface area (TPSA) is 21.3 Å². The Kier molecular flexibility index (Phi) is 3.24. The van der Waals surface area contributed by atoms with Crippen LogP contribution in [0, 0.1) is 0 Å². The minimum absolute atomic E-state index is 0.129. The molecule has 0 bridgehead atoms. The second-order valence-electron chi connectivity index (χ2n) is 8.15. The highest BCUT2D eigenvalue weighted by Gasteiger charge is 2.22. The van der Waals surface area contributed by atoms with Crippen LogP contribution >= 0.6 is 0 Å². The molecule has 3 rings (SSSR count). The first-order valence-corrected chi connectivity index (χ1v) is 7.88. The van der Waals surface area contributed by atoms with Crippen LogP contribution in [0.3, 0.4) is 0 Å². The summed E-state index contributed by atoms with van der Waals surface area (Å²) < 4.78 is 6.05. The summed E-state index contributed by atoms with van der Waals surface area (Å²) in [5.74, 6) is 1.79. The zero-order valence-electron chi connectivity index (χ0n) is 14.4. The van der Waals surface area contributed by atoms with Crippen LogP contribution in [0.2, 0.25) is 0 Å². The number of hydrogen-bond acceptors (Lipinski definition) is 2. The quantitative estimate of drug-likeness (QED) is 0.538. The van der Waals surface area contributed by atoms with Crippen LogP contribution in [-0.2, 0) is 10.8 Å². The summed E-state index contributed by atoms with van der Waals surface area (Å²) in [7, 11) is 0. The zero-order valence-corrected chi connectivity index (χ0v) is 14.4.